The van der Waals surface area contributed by atoms with Gasteiger partial charge in [-0.1, -0.05) is 75.9 Å². The molecule has 0 spiro atoms. The molecule has 6 rings (SSSR count). The minimum Gasteiger partial charge on any atom is -0.429 e. The third-order valence-electron chi connectivity index (χ3n) is 9.92. The van der Waals surface area contributed by atoms with Crippen LogP contribution in [0.15, 0.2) is 72.8 Å². The predicted molar refractivity (Wildman–Crippen MR) is 212 cm³/mol. The third kappa shape index (κ3) is 10.6. The normalized spacial score (nSPS) is 15.3. The maximum Gasteiger partial charge on any atom is 0.429 e. The lowest BCUT2D eigenvalue weighted by molar-refractivity contribution is -0.188. The summed E-state index contributed by atoms with van der Waals surface area (Å²) >= 11 is 0. The maximum absolute atomic E-state index is 15.2. The SMILES string of the molecule is C.C.Cc1cc(OC(F)(F)c2c(C)cc(-c3c(C)cc(C4CCC(C)CO4)cc3C)cc2F)cc(F)c1C.Cc1ccc(Cc2cc(C)c(F)c(F)c2)cc1. The summed E-state index contributed by atoms with van der Waals surface area (Å²) in [5, 5.41) is 0. The van der Waals surface area contributed by atoms with Crippen molar-refractivity contribution in [2.24, 2.45) is 5.92 Å². The highest BCUT2D eigenvalue weighted by atomic mass is 19.3. The van der Waals surface area contributed by atoms with Crippen molar-refractivity contribution in [2.45, 2.75) is 102 Å². The van der Waals surface area contributed by atoms with E-state index in [9.17, 15) is 13.2 Å². The average molecular weight is 765 g/mol. The molecule has 0 amide bonds. The summed E-state index contributed by atoms with van der Waals surface area (Å²) in [6.45, 7) is 14.9. The molecule has 0 radical (unpaired) electrons. The molecule has 0 aromatic heterocycles. The molecule has 5 aromatic carbocycles. The molecular weight excluding hydrogens is 711 g/mol. The van der Waals surface area contributed by atoms with E-state index in [-0.39, 0.29) is 32.3 Å². The van der Waals surface area contributed by atoms with Crippen molar-refractivity contribution in [1.29, 1.82) is 0 Å². The van der Waals surface area contributed by atoms with Gasteiger partial charge in [0.1, 0.15) is 22.9 Å². The lowest BCUT2D eigenvalue weighted by atomic mass is 9.88. The lowest BCUT2D eigenvalue weighted by Crippen LogP contribution is -2.25. The van der Waals surface area contributed by atoms with Crippen LogP contribution in [0.3, 0.4) is 0 Å². The summed E-state index contributed by atoms with van der Waals surface area (Å²) < 4.78 is 96.7. The number of ether oxygens (including phenoxy) is 2. The van der Waals surface area contributed by atoms with Crippen molar-refractivity contribution in [3.63, 3.8) is 0 Å². The Morgan fingerprint density at radius 1 is 0.655 bits per heavy atom. The van der Waals surface area contributed by atoms with Crippen molar-refractivity contribution < 1.29 is 35.8 Å². The zero-order valence-electron chi connectivity index (χ0n) is 31.5. The number of aryl methyl sites for hydroxylation is 6. The average Bonchev–Trinajstić information content (AvgIpc) is 3.07. The second-order valence-electron chi connectivity index (χ2n) is 14.5. The van der Waals surface area contributed by atoms with Crippen LogP contribution in [0.4, 0.5) is 26.3 Å². The fourth-order valence-electron chi connectivity index (χ4n) is 6.93. The summed E-state index contributed by atoms with van der Waals surface area (Å²) in [6.07, 6.45) is -1.29. The molecule has 8 heteroatoms. The van der Waals surface area contributed by atoms with Gasteiger partial charge in [-0.05, 0) is 153 Å². The van der Waals surface area contributed by atoms with Gasteiger partial charge in [0.15, 0.2) is 11.6 Å². The van der Waals surface area contributed by atoms with E-state index in [0.29, 0.717) is 34.6 Å². The Balaban J connectivity index is 0.000000360. The van der Waals surface area contributed by atoms with Crippen molar-refractivity contribution >= 4 is 0 Å². The second-order valence-corrected chi connectivity index (χ2v) is 14.5. The van der Waals surface area contributed by atoms with Crippen molar-refractivity contribution in [1.82, 2.24) is 0 Å². The minimum absolute atomic E-state index is 0. The van der Waals surface area contributed by atoms with Crippen LogP contribution in [0.2, 0.25) is 0 Å². The quantitative estimate of drug-likeness (QED) is 0.154. The van der Waals surface area contributed by atoms with Crippen molar-refractivity contribution in [3.8, 4) is 16.9 Å². The van der Waals surface area contributed by atoms with E-state index in [1.54, 1.807) is 32.9 Å². The molecule has 0 bridgehead atoms. The molecule has 1 fully saturated rings. The van der Waals surface area contributed by atoms with E-state index >= 15 is 13.2 Å². The van der Waals surface area contributed by atoms with Gasteiger partial charge in [0.05, 0.1) is 6.10 Å². The van der Waals surface area contributed by atoms with Crippen LogP contribution in [0.1, 0.15) is 102 Å². The fourth-order valence-corrected chi connectivity index (χ4v) is 6.93. The van der Waals surface area contributed by atoms with Crippen LogP contribution in [0.5, 0.6) is 5.75 Å². The molecule has 55 heavy (non-hydrogen) atoms. The van der Waals surface area contributed by atoms with Gasteiger partial charge >= 0.3 is 6.11 Å². The monoisotopic (exact) mass is 764 g/mol. The first kappa shape index (κ1) is 44.8. The van der Waals surface area contributed by atoms with E-state index in [2.05, 4.69) is 6.92 Å². The first-order chi connectivity index (χ1) is 24.9. The Kier molecular flexibility index (Phi) is 15.0. The molecule has 5 aromatic rings. The summed E-state index contributed by atoms with van der Waals surface area (Å²) in [5.74, 6) is -3.07. The van der Waals surface area contributed by atoms with E-state index in [4.69, 9.17) is 9.47 Å². The number of halogens is 6. The molecule has 296 valence electrons. The Labute approximate surface area is 323 Å². The van der Waals surface area contributed by atoms with Gasteiger partial charge in [0.25, 0.3) is 0 Å². The summed E-state index contributed by atoms with van der Waals surface area (Å²) in [4.78, 5) is 0. The Bertz CT molecular complexity index is 2000. The maximum atomic E-state index is 15.2. The largest absolute Gasteiger partial charge is 0.429 e. The van der Waals surface area contributed by atoms with Gasteiger partial charge in [-0.3, -0.25) is 0 Å². The number of hydrogen-bond donors (Lipinski definition) is 0. The van der Waals surface area contributed by atoms with Gasteiger partial charge in [0, 0.05) is 12.7 Å². The molecular formula is C47H54F6O2. The van der Waals surface area contributed by atoms with Crippen LogP contribution in [0.25, 0.3) is 11.1 Å². The van der Waals surface area contributed by atoms with Gasteiger partial charge in [-0.15, -0.1) is 0 Å². The molecule has 0 N–H and O–H groups in total. The molecule has 1 aliphatic rings. The van der Waals surface area contributed by atoms with Gasteiger partial charge < -0.3 is 9.47 Å². The topological polar surface area (TPSA) is 18.5 Å². The number of hydrogen-bond acceptors (Lipinski definition) is 2. The molecule has 2 atom stereocenters. The van der Waals surface area contributed by atoms with Crippen LogP contribution < -0.4 is 4.74 Å². The van der Waals surface area contributed by atoms with Crippen LogP contribution in [0, 0.1) is 77.7 Å². The zero-order chi connectivity index (χ0) is 38.8. The minimum atomic E-state index is -3.98. The lowest BCUT2D eigenvalue weighted by Gasteiger charge is -2.28. The van der Waals surface area contributed by atoms with Crippen LogP contribution in [-0.2, 0) is 17.3 Å². The highest BCUT2D eigenvalue weighted by Gasteiger charge is 2.40. The van der Waals surface area contributed by atoms with E-state index < -0.39 is 34.9 Å². The van der Waals surface area contributed by atoms with Crippen molar-refractivity contribution in [2.75, 3.05) is 6.61 Å². The first-order valence-electron chi connectivity index (χ1n) is 17.8. The second kappa shape index (κ2) is 18.4. The standard InChI is InChI=1S/C30H32F4O2.C15H14F2.2CH4/c1-16-7-8-27(35-15-16)22-9-18(3)28(19(4)10-22)23-11-20(5)29(26(32)13-23)30(33,34)36-24-12-17(2)21(6)25(31)14-24;1-10-3-5-12(6-4-10)8-13-7-11(2)15(17)14(16)9-13;;/h9-14,16,27H,7-8,15H2,1-6H3;3-7,9H,8H2,1-2H3;2*1H4. The zero-order valence-corrected chi connectivity index (χ0v) is 31.5. The number of rotatable bonds is 7. The summed E-state index contributed by atoms with van der Waals surface area (Å²) in [7, 11) is 0. The van der Waals surface area contributed by atoms with E-state index in [1.165, 1.54) is 24.6 Å². The fraction of sp³-hybridized carbons (Fsp3) is 0.362. The summed E-state index contributed by atoms with van der Waals surface area (Å²) in [6, 6.07) is 20.0. The van der Waals surface area contributed by atoms with Crippen LogP contribution >= 0.6 is 0 Å². The molecule has 2 unspecified atom stereocenters. The van der Waals surface area contributed by atoms with Crippen LogP contribution in [-0.4, -0.2) is 6.61 Å². The number of alkyl halides is 2. The Hall–Kier alpha value is -4.56. The molecule has 1 saturated heterocycles. The third-order valence-corrected chi connectivity index (χ3v) is 9.92. The molecule has 1 aliphatic heterocycles. The van der Waals surface area contributed by atoms with E-state index in [0.717, 1.165) is 65.0 Å². The Morgan fingerprint density at radius 3 is 1.84 bits per heavy atom. The smallest absolute Gasteiger partial charge is 0.429 e. The highest BCUT2D eigenvalue weighted by Crippen LogP contribution is 2.40. The Morgan fingerprint density at radius 2 is 1.29 bits per heavy atom. The van der Waals surface area contributed by atoms with Gasteiger partial charge in [-0.2, -0.15) is 8.78 Å². The highest BCUT2D eigenvalue weighted by molar-refractivity contribution is 5.72. The van der Waals surface area contributed by atoms with E-state index in [1.807, 2.05) is 57.2 Å². The van der Waals surface area contributed by atoms with Gasteiger partial charge in [0.2, 0.25) is 0 Å². The molecule has 0 saturated carbocycles. The van der Waals surface area contributed by atoms with Gasteiger partial charge in [-0.25, -0.2) is 17.6 Å². The molecule has 1 heterocycles. The predicted octanol–water partition coefficient (Wildman–Crippen LogP) is 14.2. The van der Waals surface area contributed by atoms with Crippen molar-refractivity contribution in [3.05, 3.63) is 157 Å². The first-order valence-corrected chi connectivity index (χ1v) is 17.8. The summed E-state index contributed by atoms with van der Waals surface area (Å²) in [5.41, 5.74) is 7.68. The molecule has 2 nitrogen and oxygen atoms in total. The molecule has 0 aliphatic carbocycles. The number of benzene rings is 5.